The molecule has 110 valence electrons. The second-order valence-electron chi connectivity index (χ2n) is 4.11. The number of aliphatic hydroxyl groups excluding tert-OH is 1. The van der Waals surface area contributed by atoms with Gasteiger partial charge in [0.2, 0.25) is 0 Å². The van der Waals surface area contributed by atoms with E-state index >= 15 is 0 Å². The van der Waals surface area contributed by atoms with Crippen LogP contribution in [0.15, 0.2) is 32.9 Å². The number of thiazole rings is 1. The molecule has 10 heteroatoms. The molecule has 21 heavy (non-hydrogen) atoms. The molecule has 7 nitrogen and oxygen atoms in total. The average Bonchev–Trinajstić information content (AvgIpc) is 3.07. The van der Waals surface area contributed by atoms with Crippen molar-refractivity contribution in [1.82, 2.24) is 9.29 Å². The van der Waals surface area contributed by atoms with Gasteiger partial charge in [-0.3, -0.25) is 14.4 Å². The number of thiophene rings is 1. The van der Waals surface area contributed by atoms with Crippen LogP contribution in [0.25, 0.3) is 5.76 Å². The monoisotopic (exact) mass is 343 g/mol. The quantitative estimate of drug-likeness (QED) is 0.864. The van der Waals surface area contributed by atoms with Crippen LogP contribution >= 0.6 is 22.7 Å². The number of sulfonamides is 1. The fourth-order valence-corrected chi connectivity index (χ4v) is 4.98. The number of aliphatic hydroxyl groups is 1. The van der Waals surface area contributed by atoms with Gasteiger partial charge in [0.25, 0.3) is 15.9 Å². The van der Waals surface area contributed by atoms with Crippen molar-refractivity contribution in [2.24, 2.45) is 0 Å². The fraction of sp³-hybridized carbons (Fsp3) is 0.0909. The number of fused-ring (bicyclic) bond motifs is 1. The molecule has 0 radical (unpaired) electrons. The lowest BCUT2D eigenvalue weighted by Crippen LogP contribution is -2.36. The Kier molecular flexibility index (Phi) is 3.23. The predicted molar refractivity (Wildman–Crippen MR) is 79.6 cm³/mol. The first-order valence-electron chi connectivity index (χ1n) is 5.62. The van der Waals surface area contributed by atoms with Crippen molar-refractivity contribution in [2.75, 3.05) is 12.4 Å². The average molecular weight is 343 g/mol. The van der Waals surface area contributed by atoms with Crippen LogP contribution in [0.5, 0.6) is 0 Å². The number of carbonyl (C=O) groups is 1. The Hall–Kier alpha value is -1.91. The first-order chi connectivity index (χ1) is 9.93. The number of aromatic nitrogens is 1. The molecule has 3 heterocycles. The molecule has 0 atom stereocenters. The molecule has 2 aromatic rings. The van der Waals surface area contributed by atoms with E-state index in [0.717, 1.165) is 15.6 Å². The maximum atomic E-state index is 12.3. The number of anilines is 1. The standard InChI is InChI=1S/C11H9N3O4S3/c1-14-8(10(16)13-11-12-2-3-20-11)9(15)6-4-19-5-7(6)21(14,17)18/h2-5,15H,1H3,(H,12,13,16). The van der Waals surface area contributed by atoms with Crippen molar-refractivity contribution >= 4 is 49.5 Å². The highest BCUT2D eigenvalue weighted by atomic mass is 32.2. The number of hydrogen-bond donors (Lipinski definition) is 2. The van der Waals surface area contributed by atoms with Crippen LogP contribution < -0.4 is 5.32 Å². The molecule has 0 saturated carbocycles. The summed E-state index contributed by atoms with van der Waals surface area (Å²) in [5.41, 5.74) is -0.182. The van der Waals surface area contributed by atoms with Crippen LogP contribution in [0.3, 0.4) is 0 Å². The zero-order valence-electron chi connectivity index (χ0n) is 10.6. The van der Waals surface area contributed by atoms with Gasteiger partial charge in [-0.25, -0.2) is 13.4 Å². The normalized spacial score (nSPS) is 16.7. The molecule has 0 spiro atoms. The van der Waals surface area contributed by atoms with Crippen molar-refractivity contribution in [3.8, 4) is 0 Å². The van der Waals surface area contributed by atoms with Crippen LogP contribution in [0.4, 0.5) is 5.13 Å². The lowest BCUT2D eigenvalue weighted by Gasteiger charge is -2.26. The molecule has 1 amide bonds. The Morgan fingerprint density at radius 3 is 2.86 bits per heavy atom. The Balaban J connectivity index is 2.09. The molecule has 3 rings (SSSR count). The Labute approximate surface area is 128 Å². The highest BCUT2D eigenvalue weighted by Gasteiger charge is 2.38. The van der Waals surface area contributed by atoms with Gasteiger partial charge in [0, 0.05) is 34.9 Å². The number of amides is 1. The lowest BCUT2D eigenvalue weighted by molar-refractivity contribution is -0.113. The number of likely N-dealkylation sites (N-methyl/N-ethyl adjacent to an activating group) is 1. The predicted octanol–water partition coefficient (Wildman–Crippen LogP) is 1.70. The summed E-state index contributed by atoms with van der Waals surface area (Å²) in [6.07, 6.45) is 1.51. The first-order valence-corrected chi connectivity index (χ1v) is 8.88. The van der Waals surface area contributed by atoms with Crippen molar-refractivity contribution in [2.45, 2.75) is 4.90 Å². The number of nitrogens with zero attached hydrogens (tertiary/aromatic N) is 2. The second kappa shape index (κ2) is 4.83. The van der Waals surface area contributed by atoms with Crippen LogP contribution in [-0.2, 0) is 14.8 Å². The van der Waals surface area contributed by atoms with Crippen LogP contribution in [0, 0.1) is 0 Å². The summed E-state index contributed by atoms with van der Waals surface area (Å²) in [5.74, 6) is -1.09. The molecular weight excluding hydrogens is 334 g/mol. The SMILES string of the molecule is CN1C(C(=O)Nc2nccs2)=C(O)c2cscc2S1(=O)=O. The summed E-state index contributed by atoms with van der Waals surface area (Å²) in [6, 6.07) is 0. The Morgan fingerprint density at radius 1 is 1.43 bits per heavy atom. The Bertz CT molecular complexity index is 836. The molecule has 1 aliphatic heterocycles. The van der Waals surface area contributed by atoms with E-state index in [-0.39, 0.29) is 21.9 Å². The van der Waals surface area contributed by atoms with Crippen molar-refractivity contribution in [1.29, 1.82) is 0 Å². The minimum atomic E-state index is -3.84. The van der Waals surface area contributed by atoms with Crippen LogP contribution in [-0.4, -0.2) is 35.8 Å². The third-order valence-corrected chi connectivity index (χ3v) is 6.31. The van der Waals surface area contributed by atoms with Crippen molar-refractivity contribution in [3.63, 3.8) is 0 Å². The molecule has 0 aliphatic carbocycles. The van der Waals surface area contributed by atoms with Gasteiger partial charge in [-0.2, -0.15) is 11.3 Å². The highest BCUT2D eigenvalue weighted by molar-refractivity contribution is 7.89. The number of hydrogen-bond acceptors (Lipinski definition) is 7. The molecule has 2 N–H and O–H groups in total. The van der Waals surface area contributed by atoms with Gasteiger partial charge < -0.3 is 5.11 Å². The van der Waals surface area contributed by atoms with E-state index < -0.39 is 15.9 Å². The molecular formula is C11H9N3O4S3. The van der Waals surface area contributed by atoms with E-state index in [4.69, 9.17) is 0 Å². The molecule has 1 aliphatic rings. The molecule has 0 bridgehead atoms. The van der Waals surface area contributed by atoms with E-state index in [0.29, 0.717) is 5.13 Å². The zero-order valence-corrected chi connectivity index (χ0v) is 13.1. The van der Waals surface area contributed by atoms with E-state index in [1.54, 1.807) is 5.38 Å². The largest absolute Gasteiger partial charge is 0.505 e. The maximum absolute atomic E-state index is 12.3. The summed E-state index contributed by atoms with van der Waals surface area (Å²) >= 11 is 2.33. The lowest BCUT2D eigenvalue weighted by atomic mass is 10.2. The molecule has 2 aromatic heterocycles. The van der Waals surface area contributed by atoms with Crippen LogP contribution in [0.1, 0.15) is 5.56 Å². The summed E-state index contributed by atoms with van der Waals surface area (Å²) in [6.45, 7) is 0. The van der Waals surface area contributed by atoms with Crippen LogP contribution in [0.2, 0.25) is 0 Å². The van der Waals surface area contributed by atoms with E-state index in [1.165, 1.54) is 35.3 Å². The van der Waals surface area contributed by atoms with Gasteiger partial charge in [0.05, 0.1) is 0 Å². The summed E-state index contributed by atoms with van der Waals surface area (Å²) in [5, 5.41) is 17.6. The fourth-order valence-electron chi connectivity index (χ4n) is 1.89. The van der Waals surface area contributed by atoms with Gasteiger partial charge in [-0.15, -0.1) is 11.3 Å². The molecule has 0 saturated heterocycles. The highest BCUT2D eigenvalue weighted by Crippen LogP contribution is 2.37. The van der Waals surface area contributed by atoms with Gasteiger partial charge in [-0.1, -0.05) is 0 Å². The molecule has 0 unspecified atom stereocenters. The first kappa shape index (κ1) is 14.0. The van der Waals surface area contributed by atoms with Gasteiger partial charge in [0.15, 0.2) is 16.6 Å². The topological polar surface area (TPSA) is 99.6 Å². The van der Waals surface area contributed by atoms with E-state index in [2.05, 4.69) is 10.3 Å². The minimum Gasteiger partial charge on any atom is -0.505 e. The zero-order chi connectivity index (χ0) is 15.2. The van der Waals surface area contributed by atoms with Gasteiger partial charge in [-0.05, 0) is 0 Å². The number of nitrogens with one attached hydrogen (secondary N) is 1. The second-order valence-corrected chi connectivity index (χ2v) is 7.69. The minimum absolute atomic E-state index is 0.00158. The third-order valence-electron chi connectivity index (χ3n) is 2.93. The summed E-state index contributed by atoms with van der Waals surface area (Å²) < 4.78 is 25.4. The number of rotatable bonds is 2. The maximum Gasteiger partial charge on any atom is 0.278 e. The summed E-state index contributed by atoms with van der Waals surface area (Å²) in [4.78, 5) is 16.1. The molecule has 0 aromatic carbocycles. The molecule has 0 fully saturated rings. The third kappa shape index (κ3) is 2.11. The van der Waals surface area contributed by atoms with Crippen molar-refractivity contribution in [3.05, 3.63) is 33.6 Å². The van der Waals surface area contributed by atoms with Crippen molar-refractivity contribution < 1.29 is 18.3 Å². The van der Waals surface area contributed by atoms with E-state index in [1.807, 2.05) is 0 Å². The summed E-state index contributed by atoms with van der Waals surface area (Å²) in [7, 11) is -2.61. The Morgan fingerprint density at radius 2 is 2.19 bits per heavy atom. The van der Waals surface area contributed by atoms with E-state index in [9.17, 15) is 18.3 Å². The van der Waals surface area contributed by atoms with Gasteiger partial charge >= 0.3 is 0 Å². The smallest absolute Gasteiger partial charge is 0.278 e. The van der Waals surface area contributed by atoms with Gasteiger partial charge in [0.1, 0.15) is 4.90 Å². The number of carbonyl (C=O) groups excluding carboxylic acids is 1.